The van der Waals surface area contributed by atoms with Gasteiger partial charge in [0.25, 0.3) is 0 Å². The molecule has 0 saturated heterocycles. The zero-order valence-corrected chi connectivity index (χ0v) is 9.62. The van der Waals surface area contributed by atoms with Crippen LogP contribution >= 0.6 is 0 Å². The van der Waals surface area contributed by atoms with Crippen LogP contribution in [0.1, 0.15) is 36.2 Å². The highest BCUT2D eigenvalue weighted by molar-refractivity contribution is 5.74. The van der Waals surface area contributed by atoms with Crippen LogP contribution in [0, 0.1) is 0 Å². The molecule has 0 saturated carbocycles. The highest BCUT2D eigenvalue weighted by atomic mass is 16.5. The highest BCUT2D eigenvalue weighted by Crippen LogP contribution is 2.16. The maximum absolute atomic E-state index is 10.5. The normalized spacial score (nSPS) is 11.4. The van der Waals surface area contributed by atoms with E-state index in [9.17, 15) is 4.79 Å². The lowest BCUT2D eigenvalue weighted by Crippen LogP contribution is -2.22. The van der Waals surface area contributed by atoms with E-state index < -0.39 is 0 Å². The summed E-state index contributed by atoms with van der Waals surface area (Å²) in [5, 5.41) is 0. The van der Waals surface area contributed by atoms with Crippen molar-refractivity contribution in [2.75, 3.05) is 7.11 Å². The van der Waals surface area contributed by atoms with E-state index in [1.54, 1.807) is 7.11 Å². The Morgan fingerprint density at radius 1 is 1.27 bits per heavy atom. The van der Waals surface area contributed by atoms with Gasteiger partial charge in [0.05, 0.1) is 5.60 Å². The van der Waals surface area contributed by atoms with Crippen molar-refractivity contribution >= 4 is 6.29 Å². The van der Waals surface area contributed by atoms with Gasteiger partial charge in [-0.3, -0.25) is 4.79 Å². The molecule has 0 aromatic heterocycles. The summed E-state index contributed by atoms with van der Waals surface area (Å²) in [7, 11) is 1.73. The molecule has 0 spiro atoms. The van der Waals surface area contributed by atoms with E-state index >= 15 is 0 Å². The number of benzene rings is 1. The number of carbonyl (C=O) groups is 1. The van der Waals surface area contributed by atoms with E-state index in [0.29, 0.717) is 0 Å². The van der Waals surface area contributed by atoms with Crippen molar-refractivity contribution in [3.8, 4) is 0 Å². The summed E-state index contributed by atoms with van der Waals surface area (Å²) >= 11 is 0. The number of aldehydes is 1. The molecular formula is C13H18O2. The predicted octanol–water partition coefficient (Wildman–Crippen LogP) is 2.86. The smallest absolute Gasteiger partial charge is 0.150 e. The molecule has 1 aromatic carbocycles. The van der Waals surface area contributed by atoms with Crippen LogP contribution in [-0.4, -0.2) is 19.0 Å². The molecule has 0 heterocycles. The highest BCUT2D eigenvalue weighted by Gasteiger charge is 2.15. The van der Waals surface area contributed by atoms with Crippen LogP contribution in [0.15, 0.2) is 24.3 Å². The second kappa shape index (κ2) is 5.08. The van der Waals surface area contributed by atoms with Crippen LogP contribution in [-0.2, 0) is 11.2 Å². The van der Waals surface area contributed by atoms with Gasteiger partial charge in [-0.1, -0.05) is 24.3 Å². The van der Waals surface area contributed by atoms with Gasteiger partial charge in [0.1, 0.15) is 6.29 Å². The van der Waals surface area contributed by atoms with Gasteiger partial charge in [-0.2, -0.15) is 0 Å². The summed E-state index contributed by atoms with van der Waals surface area (Å²) in [5.74, 6) is 0. The summed E-state index contributed by atoms with van der Waals surface area (Å²) in [6, 6.07) is 7.69. The molecule has 0 fully saturated rings. The summed E-state index contributed by atoms with van der Waals surface area (Å²) in [6.45, 7) is 4.15. The standard InChI is InChI=1S/C13H18O2/c1-13(2,15-3)9-8-11-4-6-12(10-14)7-5-11/h4-7,10H,8-9H2,1-3H3. The largest absolute Gasteiger partial charge is 0.379 e. The Hall–Kier alpha value is -1.15. The Balaban J connectivity index is 2.54. The van der Waals surface area contributed by atoms with Crippen molar-refractivity contribution in [2.45, 2.75) is 32.3 Å². The van der Waals surface area contributed by atoms with Gasteiger partial charge in [0.2, 0.25) is 0 Å². The van der Waals surface area contributed by atoms with Crippen molar-refractivity contribution in [2.24, 2.45) is 0 Å². The molecular weight excluding hydrogens is 188 g/mol. The molecule has 2 heteroatoms. The minimum atomic E-state index is -0.0800. The van der Waals surface area contributed by atoms with Crippen molar-refractivity contribution in [1.82, 2.24) is 0 Å². The van der Waals surface area contributed by atoms with E-state index in [1.165, 1.54) is 5.56 Å². The number of carbonyl (C=O) groups excluding carboxylic acids is 1. The van der Waals surface area contributed by atoms with E-state index in [2.05, 4.69) is 13.8 Å². The number of hydrogen-bond donors (Lipinski definition) is 0. The molecule has 0 aliphatic rings. The Labute approximate surface area is 91.3 Å². The van der Waals surface area contributed by atoms with Crippen LogP contribution in [0.4, 0.5) is 0 Å². The molecule has 0 aliphatic carbocycles. The molecule has 0 amide bonds. The third kappa shape index (κ3) is 3.84. The van der Waals surface area contributed by atoms with Crippen molar-refractivity contribution < 1.29 is 9.53 Å². The zero-order valence-electron chi connectivity index (χ0n) is 9.62. The summed E-state index contributed by atoms with van der Waals surface area (Å²) < 4.78 is 5.35. The molecule has 0 radical (unpaired) electrons. The molecule has 1 aromatic rings. The third-order valence-corrected chi connectivity index (χ3v) is 2.68. The molecule has 0 bridgehead atoms. The average Bonchev–Trinajstić information content (AvgIpc) is 2.27. The third-order valence-electron chi connectivity index (χ3n) is 2.68. The second-order valence-corrected chi connectivity index (χ2v) is 4.32. The molecule has 82 valence electrons. The van der Waals surface area contributed by atoms with Gasteiger partial charge < -0.3 is 4.74 Å². The monoisotopic (exact) mass is 206 g/mol. The number of methoxy groups -OCH3 is 1. The first kappa shape index (κ1) is 11.9. The van der Waals surface area contributed by atoms with Crippen molar-refractivity contribution in [1.29, 1.82) is 0 Å². The lowest BCUT2D eigenvalue weighted by molar-refractivity contribution is 0.0158. The fourth-order valence-corrected chi connectivity index (χ4v) is 1.31. The number of rotatable bonds is 5. The fraction of sp³-hybridized carbons (Fsp3) is 0.462. The molecule has 0 unspecified atom stereocenters. The van der Waals surface area contributed by atoms with Gasteiger partial charge in [-0.25, -0.2) is 0 Å². The fourth-order valence-electron chi connectivity index (χ4n) is 1.31. The second-order valence-electron chi connectivity index (χ2n) is 4.32. The van der Waals surface area contributed by atoms with Crippen LogP contribution in [0.25, 0.3) is 0 Å². The number of hydrogen-bond acceptors (Lipinski definition) is 2. The van der Waals surface area contributed by atoms with Crippen LogP contribution in [0.2, 0.25) is 0 Å². The summed E-state index contributed by atoms with van der Waals surface area (Å²) in [4.78, 5) is 10.5. The summed E-state index contributed by atoms with van der Waals surface area (Å²) in [6.07, 6.45) is 2.81. The minimum Gasteiger partial charge on any atom is -0.379 e. The first-order chi connectivity index (χ1) is 7.07. The molecule has 0 N–H and O–H groups in total. The Kier molecular flexibility index (Phi) is 4.04. The van der Waals surface area contributed by atoms with Crippen molar-refractivity contribution in [3.05, 3.63) is 35.4 Å². The Bertz CT molecular complexity index is 312. The first-order valence-electron chi connectivity index (χ1n) is 5.17. The predicted molar refractivity (Wildman–Crippen MR) is 61.2 cm³/mol. The van der Waals surface area contributed by atoms with Crippen LogP contribution in [0.5, 0.6) is 0 Å². The average molecular weight is 206 g/mol. The summed E-state index contributed by atoms with van der Waals surface area (Å²) in [5.41, 5.74) is 1.89. The maximum Gasteiger partial charge on any atom is 0.150 e. The zero-order chi connectivity index (χ0) is 11.3. The quantitative estimate of drug-likeness (QED) is 0.692. The van der Waals surface area contributed by atoms with E-state index in [4.69, 9.17) is 4.74 Å². The topological polar surface area (TPSA) is 26.3 Å². The van der Waals surface area contributed by atoms with Crippen LogP contribution in [0.3, 0.4) is 0 Å². The van der Waals surface area contributed by atoms with E-state index in [0.717, 1.165) is 24.7 Å². The lowest BCUT2D eigenvalue weighted by Gasteiger charge is -2.22. The van der Waals surface area contributed by atoms with Gasteiger partial charge in [0.15, 0.2) is 0 Å². The van der Waals surface area contributed by atoms with Gasteiger partial charge in [-0.15, -0.1) is 0 Å². The lowest BCUT2D eigenvalue weighted by atomic mass is 9.98. The molecule has 15 heavy (non-hydrogen) atoms. The number of aryl methyl sites for hydroxylation is 1. The van der Waals surface area contributed by atoms with Crippen molar-refractivity contribution in [3.63, 3.8) is 0 Å². The minimum absolute atomic E-state index is 0.0800. The SMILES string of the molecule is COC(C)(C)CCc1ccc(C=O)cc1. The Morgan fingerprint density at radius 2 is 1.87 bits per heavy atom. The Morgan fingerprint density at radius 3 is 2.33 bits per heavy atom. The van der Waals surface area contributed by atoms with Gasteiger partial charge in [-0.05, 0) is 32.3 Å². The molecule has 2 nitrogen and oxygen atoms in total. The van der Waals surface area contributed by atoms with Gasteiger partial charge >= 0.3 is 0 Å². The van der Waals surface area contributed by atoms with E-state index in [-0.39, 0.29) is 5.60 Å². The molecule has 0 aliphatic heterocycles. The number of ether oxygens (including phenoxy) is 1. The van der Waals surface area contributed by atoms with E-state index in [1.807, 2.05) is 24.3 Å². The van der Waals surface area contributed by atoms with Gasteiger partial charge in [0, 0.05) is 12.7 Å². The molecule has 1 rings (SSSR count). The maximum atomic E-state index is 10.5. The molecule has 0 atom stereocenters. The van der Waals surface area contributed by atoms with Crippen LogP contribution < -0.4 is 0 Å². The first-order valence-corrected chi connectivity index (χ1v) is 5.17.